The minimum Gasteiger partial charge on any atom is -0.383 e. The van der Waals surface area contributed by atoms with Gasteiger partial charge in [-0.2, -0.15) is 5.26 Å². The molecule has 0 unspecified atom stereocenters. The number of rotatable bonds is 5. The van der Waals surface area contributed by atoms with Crippen molar-refractivity contribution in [2.75, 3.05) is 39.9 Å². The van der Waals surface area contributed by atoms with E-state index in [0.29, 0.717) is 19.7 Å². The van der Waals surface area contributed by atoms with Gasteiger partial charge in [0.1, 0.15) is 11.9 Å². The van der Waals surface area contributed by atoms with Gasteiger partial charge in [0.2, 0.25) is 5.91 Å². The number of piperidine rings is 2. The molecule has 0 aromatic heterocycles. The zero-order valence-corrected chi connectivity index (χ0v) is 15.3. The monoisotopic (exact) mass is 359 g/mol. The molecule has 1 aromatic rings. The zero-order valence-electron chi connectivity index (χ0n) is 15.3. The quantitative estimate of drug-likeness (QED) is 0.811. The standard InChI is InChI=1S/C20H26FN3O2/c1-26-12-11-24-8-2-5-20(19(24)25)6-9-23(10-7-20)15-16-3-4-18(21)17(13-16)14-22/h3-4,13H,2,5-12,15H2,1H3. The first-order valence-electron chi connectivity index (χ1n) is 9.27. The van der Waals surface area contributed by atoms with Crippen LogP contribution in [0.3, 0.4) is 0 Å². The number of hydrogen-bond acceptors (Lipinski definition) is 4. The van der Waals surface area contributed by atoms with E-state index < -0.39 is 5.82 Å². The van der Waals surface area contributed by atoms with Crippen molar-refractivity contribution in [3.63, 3.8) is 0 Å². The molecule has 1 spiro atoms. The van der Waals surface area contributed by atoms with Gasteiger partial charge in [0.15, 0.2) is 0 Å². The average molecular weight is 359 g/mol. The Morgan fingerprint density at radius 1 is 1.27 bits per heavy atom. The predicted octanol–water partition coefficient (Wildman–Crippen LogP) is 2.55. The van der Waals surface area contributed by atoms with Crippen LogP contribution in [0.4, 0.5) is 4.39 Å². The van der Waals surface area contributed by atoms with Crippen molar-refractivity contribution in [3.05, 3.63) is 35.1 Å². The van der Waals surface area contributed by atoms with Gasteiger partial charge in [-0.15, -0.1) is 0 Å². The van der Waals surface area contributed by atoms with Crippen LogP contribution in [0.1, 0.15) is 36.8 Å². The SMILES string of the molecule is COCCN1CCCC2(CCN(Cc3ccc(F)c(C#N)c3)CC2)C1=O. The Hall–Kier alpha value is -1.97. The van der Waals surface area contributed by atoms with Crippen molar-refractivity contribution >= 4 is 5.91 Å². The van der Waals surface area contributed by atoms with E-state index in [9.17, 15) is 9.18 Å². The van der Waals surface area contributed by atoms with Gasteiger partial charge >= 0.3 is 0 Å². The molecule has 2 heterocycles. The summed E-state index contributed by atoms with van der Waals surface area (Å²) in [5.74, 6) is -0.188. The summed E-state index contributed by atoms with van der Waals surface area (Å²) in [6.07, 6.45) is 3.75. The summed E-state index contributed by atoms with van der Waals surface area (Å²) in [5.41, 5.74) is 0.811. The van der Waals surface area contributed by atoms with Gasteiger partial charge in [-0.05, 0) is 56.5 Å². The maximum atomic E-state index is 13.5. The smallest absolute Gasteiger partial charge is 0.228 e. The number of amides is 1. The summed E-state index contributed by atoms with van der Waals surface area (Å²) >= 11 is 0. The highest BCUT2D eigenvalue weighted by molar-refractivity contribution is 5.83. The van der Waals surface area contributed by atoms with E-state index in [1.165, 1.54) is 6.07 Å². The Labute approximate surface area is 154 Å². The molecule has 3 rings (SSSR count). The van der Waals surface area contributed by atoms with Crippen LogP contribution >= 0.6 is 0 Å². The van der Waals surface area contributed by atoms with Crippen molar-refractivity contribution in [1.82, 2.24) is 9.80 Å². The van der Waals surface area contributed by atoms with E-state index in [1.807, 2.05) is 11.0 Å². The molecule has 26 heavy (non-hydrogen) atoms. The summed E-state index contributed by atoms with van der Waals surface area (Å²) in [4.78, 5) is 17.2. The molecule has 140 valence electrons. The van der Waals surface area contributed by atoms with Gasteiger partial charge in [0, 0.05) is 26.7 Å². The number of benzene rings is 1. The number of halogens is 1. The Bertz CT molecular complexity index is 693. The largest absolute Gasteiger partial charge is 0.383 e. The molecule has 0 bridgehead atoms. The third-order valence-electron chi connectivity index (χ3n) is 5.76. The maximum Gasteiger partial charge on any atom is 0.228 e. The van der Waals surface area contributed by atoms with Crippen molar-refractivity contribution in [3.8, 4) is 6.07 Å². The number of carbonyl (C=O) groups excluding carboxylic acids is 1. The second kappa shape index (κ2) is 8.15. The van der Waals surface area contributed by atoms with Crippen molar-refractivity contribution in [2.24, 2.45) is 5.41 Å². The topological polar surface area (TPSA) is 56.6 Å². The van der Waals surface area contributed by atoms with Crippen LogP contribution in [0.25, 0.3) is 0 Å². The van der Waals surface area contributed by atoms with Crippen LogP contribution < -0.4 is 0 Å². The van der Waals surface area contributed by atoms with Crippen LogP contribution in [0.15, 0.2) is 18.2 Å². The van der Waals surface area contributed by atoms with E-state index in [2.05, 4.69) is 4.90 Å². The summed E-state index contributed by atoms with van der Waals surface area (Å²) in [6, 6.07) is 6.61. The van der Waals surface area contributed by atoms with Crippen LogP contribution in [-0.4, -0.2) is 55.6 Å². The van der Waals surface area contributed by atoms with Crippen molar-refractivity contribution in [1.29, 1.82) is 5.26 Å². The molecule has 0 saturated carbocycles. The van der Waals surface area contributed by atoms with E-state index in [0.717, 1.165) is 50.9 Å². The lowest BCUT2D eigenvalue weighted by atomic mass is 9.71. The summed E-state index contributed by atoms with van der Waals surface area (Å²) in [7, 11) is 1.66. The number of methoxy groups -OCH3 is 1. The molecular formula is C20H26FN3O2. The summed E-state index contributed by atoms with van der Waals surface area (Å²) in [6.45, 7) is 4.48. The lowest BCUT2D eigenvalue weighted by molar-refractivity contribution is -0.150. The summed E-state index contributed by atoms with van der Waals surface area (Å²) < 4.78 is 18.6. The minimum absolute atomic E-state index is 0.0900. The zero-order chi connectivity index (χ0) is 18.6. The number of hydrogen-bond donors (Lipinski definition) is 0. The molecule has 0 radical (unpaired) electrons. The lowest BCUT2D eigenvalue weighted by Gasteiger charge is -2.46. The molecular weight excluding hydrogens is 333 g/mol. The highest BCUT2D eigenvalue weighted by Crippen LogP contribution is 2.41. The van der Waals surface area contributed by atoms with Gasteiger partial charge < -0.3 is 9.64 Å². The molecule has 2 saturated heterocycles. The van der Waals surface area contributed by atoms with E-state index in [-0.39, 0.29) is 16.9 Å². The molecule has 6 heteroatoms. The maximum absolute atomic E-state index is 13.5. The fourth-order valence-corrected chi connectivity index (χ4v) is 4.18. The first kappa shape index (κ1) is 18.8. The van der Waals surface area contributed by atoms with Gasteiger partial charge in [0.05, 0.1) is 17.6 Å². The predicted molar refractivity (Wildman–Crippen MR) is 95.7 cm³/mol. The van der Waals surface area contributed by atoms with Crippen LogP contribution in [0, 0.1) is 22.6 Å². The highest BCUT2D eigenvalue weighted by Gasteiger charge is 2.45. The van der Waals surface area contributed by atoms with Crippen molar-refractivity contribution < 1.29 is 13.9 Å². The fraction of sp³-hybridized carbons (Fsp3) is 0.600. The van der Waals surface area contributed by atoms with Crippen LogP contribution in [-0.2, 0) is 16.1 Å². The van der Waals surface area contributed by atoms with Gasteiger partial charge in [-0.3, -0.25) is 9.69 Å². The Morgan fingerprint density at radius 2 is 2.04 bits per heavy atom. The second-order valence-corrected chi connectivity index (χ2v) is 7.37. The normalized spacial score (nSPS) is 20.3. The highest BCUT2D eigenvalue weighted by atomic mass is 19.1. The number of carbonyl (C=O) groups is 1. The Balaban J connectivity index is 1.60. The molecule has 2 fully saturated rings. The molecule has 2 aliphatic rings. The molecule has 0 N–H and O–H groups in total. The molecule has 2 aliphatic heterocycles. The lowest BCUT2D eigenvalue weighted by Crippen LogP contribution is -2.54. The second-order valence-electron chi connectivity index (χ2n) is 7.37. The Morgan fingerprint density at radius 3 is 2.73 bits per heavy atom. The molecule has 5 nitrogen and oxygen atoms in total. The minimum atomic E-state index is -0.474. The third kappa shape index (κ3) is 3.89. The van der Waals surface area contributed by atoms with E-state index in [1.54, 1.807) is 19.2 Å². The van der Waals surface area contributed by atoms with Gasteiger partial charge in [-0.25, -0.2) is 4.39 Å². The van der Waals surface area contributed by atoms with E-state index in [4.69, 9.17) is 10.00 Å². The molecule has 1 aromatic carbocycles. The average Bonchev–Trinajstić information content (AvgIpc) is 2.66. The first-order valence-corrected chi connectivity index (χ1v) is 9.27. The van der Waals surface area contributed by atoms with E-state index >= 15 is 0 Å². The molecule has 0 aliphatic carbocycles. The number of nitriles is 1. The number of ether oxygens (including phenoxy) is 1. The van der Waals surface area contributed by atoms with Gasteiger partial charge in [0.25, 0.3) is 0 Å². The molecule has 1 amide bonds. The van der Waals surface area contributed by atoms with Crippen LogP contribution in [0.2, 0.25) is 0 Å². The summed E-state index contributed by atoms with van der Waals surface area (Å²) in [5, 5.41) is 8.98. The number of likely N-dealkylation sites (tertiary alicyclic amines) is 2. The molecule has 0 atom stereocenters. The van der Waals surface area contributed by atoms with Crippen LogP contribution in [0.5, 0.6) is 0 Å². The third-order valence-corrected chi connectivity index (χ3v) is 5.76. The first-order chi connectivity index (χ1) is 12.6. The Kier molecular flexibility index (Phi) is 5.90. The fourth-order valence-electron chi connectivity index (χ4n) is 4.18. The van der Waals surface area contributed by atoms with Gasteiger partial charge in [-0.1, -0.05) is 6.07 Å². The number of nitrogens with zero attached hydrogens (tertiary/aromatic N) is 3. The van der Waals surface area contributed by atoms with Crippen molar-refractivity contribution in [2.45, 2.75) is 32.2 Å².